The normalized spacial score (nSPS) is 28.7. The number of rotatable bonds is 2. The van der Waals surface area contributed by atoms with E-state index in [9.17, 15) is 5.11 Å². The van der Waals surface area contributed by atoms with Gasteiger partial charge in [0.2, 0.25) is 0 Å². The average Bonchev–Trinajstić information content (AvgIpc) is 2.27. The van der Waals surface area contributed by atoms with Crippen LogP contribution < -0.4 is 0 Å². The predicted molar refractivity (Wildman–Crippen MR) is 73.6 cm³/mol. The summed E-state index contributed by atoms with van der Waals surface area (Å²) in [6.45, 7) is 9.11. The van der Waals surface area contributed by atoms with Crippen molar-refractivity contribution in [3.8, 4) is 0 Å². The predicted octanol–water partition coefficient (Wildman–Crippen LogP) is 3.33. The Bertz CT molecular complexity index is 405. The number of hydrogen-bond donors (Lipinski definition) is 1. The van der Waals surface area contributed by atoms with E-state index in [1.165, 1.54) is 11.1 Å². The fraction of sp³-hybridized carbons (Fsp3) is 0.625. The van der Waals surface area contributed by atoms with E-state index in [0.29, 0.717) is 25.4 Å². The van der Waals surface area contributed by atoms with E-state index in [1.54, 1.807) is 0 Å². The van der Waals surface area contributed by atoms with Crippen LogP contribution in [0, 0.1) is 19.8 Å². The van der Waals surface area contributed by atoms with E-state index < -0.39 is 5.60 Å². The van der Waals surface area contributed by atoms with Crippen LogP contribution >= 0.6 is 0 Å². The van der Waals surface area contributed by atoms with Crippen molar-refractivity contribution >= 4 is 0 Å². The zero-order chi connectivity index (χ0) is 13.3. The second-order valence-electron chi connectivity index (χ2n) is 6.02. The first-order valence-corrected chi connectivity index (χ1v) is 6.83. The van der Waals surface area contributed by atoms with Crippen LogP contribution in [0.3, 0.4) is 0 Å². The van der Waals surface area contributed by atoms with Gasteiger partial charge in [-0.3, -0.25) is 0 Å². The Morgan fingerprint density at radius 3 is 2.39 bits per heavy atom. The lowest BCUT2D eigenvalue weighted by molar-refractivity contribution is -0.121. The van der Waals surface area contributed by atoms with Gasteiger partial charge in [0.15, 0.2) is 0 Å². The number of benzene rings is 1. The SMILES string of the molecule is Cc1cc(C)cc(C2(O)CCOC(C(C)C)C2)c1. The van der Waals surface area contributed by atoms with Gasteiger partial charge >= 0.3 is 0 Å². The van der Waals surface area contributed by atoms with Crippen LogP contribution in [-0.4, -0.2) is 17.8 Å². The summed E-state index contributed by atoms with van der Waals surface area (Å²) in [7, 11) is 0. The summed E-state index contributed by atoms with van der Waals surface area (Å²) in [5.74, 6) is 0.447. The molecule has 0 saturated carbocycles. The average molecular weight is 248 g/mol. The molecule has 2 unspecified atom stereocenters. The molecule has 2 rings (SSSR count). The van der Waals surface area contributed by atoms with Crippen molar-refractivity contribution < 1.29 is 9.84 Å². The Morgan fingerprint density at radius 1 is 1.22 bits per heavy atom. The molecule has 1 aromatic carbocycles. The largest absolute Gasteiger partial charge is 0.385 e. The summed E-state index contributed by atoms with van der Waals surface area (Å²) in [5.41, 5.74) is 2.76. The summed E-state index contributed by atoms with van der Waals surface area (Å²) >= 11 is 0. The van der Waals surface area contributed by atoms with Crippen LogP contribution in [0.5, 0.6) is 0 Å². The van der Waals surface area contributed by atoms with Gasteiger partial charge in [0.05, 0.1) is 18.3 Å². The lowest BCUT2D eigenvalue weighted by Crippen LogP contribution is -2.40. The zero-order valence-electron chi connectivity index (χ0n) is 11.9. The molecule has 1 N–H and O–H groups in total. The fourth-order valence-electron chi connectivity index (χ4n) is 2.81. The lowest BCUT2D eigenvalue weighted by atomic mass is 9.80. The molecule has 1 aliphatic rings. The van der Waals surface area contributed by atoms with E-state index >= 15 is 0 Å². The Morgan fingerprint density at radius 2 is 1.83 bits per heavy atom. The van der Waals surface area contributed by atoms with Gasteiger partial charge in [-0.05, 0) is 25.3 Å². The third kappa shape index (κ3) is 2.76. The molecule has 2 atom stereocenters. The highest BCUT2D eigenvalue weighted by molar-refractivity contribution is 5.33. The molecule has 2 nitrogen and oxygen atoms in total. The number of hydrogen-bond acceptors (Lipinski definition) is 2. The Kier molecular flexibility index (Phi) is 3.79. The molecule has 0 aliphatic carbocycles. The molecule has 1 fully saturated rings. The van der Waals surface area contributed by atoms with Crippen molar-refractivity contribution in [1.82, 2.24) is 0 Å². The molecule has 1 heterocycles. The molecular weight excluding hydrogens is 224 g/mol. The minimum Gasteiger partial charge on any atom is -0.385 e. The maximum atomic E-state index is 10.9. The molecular formula is C16H24O2. The fourth-order valence-corrected chi connectivity index (χ4v) is 2.81. The first-order chi connectivity index (χ1) is 8.40. The monoisotopic (exact) mass is 248 g/mol. The minimum absolute atomic E-state index is 0.157. The van der Waals surface area contributed by atoms with Crippen molar-refractivity contribution in [2.45, 2.75) is 52.2 Å². The number of aryl methyl sites for hydroxylation is 2. The maximum Gasteiger partial charge on any atom is 0.0943 e. The minimum atomic E-state index is -0.718. The first kappa shape index (κ1) is 13.6. The van der Waals surface area contributed by atoms with Crippen LogP contribution in [0.4, 0.5) is 0 Å². The standard InChI is InChI=1S/C16H24O2/c1-11(2)15-10-16(17,5-6-18-15)14-8-12(3)7-13(4)9-14/h7-9,11,15,17H,5-6,10H2,1-4H3. The number of aliphatic hydroxyl groups is 1. The second kappa shape index (κ2) is 5.02. The molecule has 0 aromatic heterocycles. The molecule has 18 heavy (non-hydrogen) atoms. The highest BCUT2D eigenvalue weighted by Gasteiger charge is 2.37. The highest BCUT2D eigenvalue weighted by Crippen LogP contribution is 2.37. The molecule has 0 amide bonds. The molecule has 1 aromatic rings. The highest BCUT2D eigenvalue weighted by atomic mass is 16.5. The van der Waals surface area contributed by atoms with Crippen molar-refractivity contribution in [2.75, 3.05) is 6.61 Å². The van der Waals surface area contributed by atoms with E-state index in [4.69, 9.17) is 4.74 Å². The summed E-state index contributed by atoms with van der Waals surface area (Å²) in [4.78, 5) is 0. The van der Waals surface area contributed by atoms with Crippen LogP contribution in [0.2, 0.25) is 0 Å². The van der Waals surface area contributed by atoms with Crippen molar-refractivity contribution in [1.29, 1.82) is 0 Å². The van der Waals surface area contributed by atoms with E-state index in [-0.39, 0.29) is 6.10 Å². The summed E-state index contributed by atoms with van der Waals surface area (Å²) in [5, 5.41) is 10.9. The Hall–Kier alpha value is -0.860. The van der Waals surface area contributed by atoms with Gasteiger partial charge in [0.1, 0.15) is 0 Å². The Balaban J connectivity index is 2.29. The second-order valence-corrected chi connectivity index (χ2v) is 6.02. The third-order valence-electron chi connectivity index (χ3n) is 3.89. The molecule has 1 saturated heterocycles. The third-order valence-corrected chi connectivity index (χ3v) is 3.89. The van der Waals surface area contributed by atoms with Gasteiger partial charge in [-0.25, -0.2) is 0 Å². The molecule has 0 spiro atoms. The van der Waals surface area contributed by atoms with Gasteiger partial charge in [0, 0.05) is 12.8 Å². The molecule has 2 heteroatoms. The zero-order valence-corrected chi connectivity index (χ0v) is 11.9. The Labute approximate surface area is 110 Å². The van der Waals surface area contributed by atoms with Crippen LogP contribution in [0.1, 0.15) is 43.4 Å². The summed E-state index contributed by atoms with van der Waals surface area (Å²) < 4.78 is 5.76. The maximum absolute atomic E-state index is 10.9. The van der Waals surface area contributed by atoms with Gasteiger partial charge in [0.25, 0.3) is 0 Å². The van der Waals surface area contributed by atoms with E-state index in [1.807, 2.05) is 0 Å². The van der Waals surface area contributed by atoms with Gasteiger partial charge in [-0.2, -0.15) is 0 Å². The molecule has 1 aliphatic heterocycles. The molecule has 0 radical (unpaired) electrons. The van der Waals surface area contributed by atoms with Crippen molar-refractivity contribution in [3.05, 3.63) is 34.9 Å². The smallest absolute Gasteiger partial charge is 0.0943 e. The van der Waals surface area contributed by atoms with E-state index in [0.717, 1.165) is 5.56 Å². The molecule has 100 valence electrons. The van der Waals surface area contributed by atoms with Crippen LogP contribution in [0.25, 0.3) is 0 Å². The van der Waals surface area contributed by atoms with Gasteiger partial charge in [-0.1, -0.05) is 43.2 Å². The van der Waals surface area contributed by atoms with Crippen molar-refractivity contribution in [3.63, 3.8) is 0 Å². The number of ether oxygens (including phenoxy) is 1. The van der Waals surface area contributed by atoms with E-state index in [2.05, 4.69) is 45.9 Å². The van der Waals surface area contributed by atoms with Gasteiger partial charge < -0.3 is 9.84 Å². The summed E-state index contributed by atoms with van der Waals surface area (Å²) in [6.07, 6.45) is 1.55. The summed E-state index contributed by atoms with van der Waals surface area (Å²) in [6, 6.07) is 6.36. The topological polar surface area (TPSA) is 29.5 Å². The molecule has 0 bridgehead atoms. The van der Waals surface area contributed by atoms with Crippen LogP contribution in [0.15, 0.2) is 18.2 Å². The quantitative estimate of drug-likeness (QED) is 0.870. The van der Waals surface area contributed by atoms with Crippen molar-refractivity contribution in [2.24, 2.45) is 5.92 Å². The first-order valence-electron chi connectivity index (χ1n) is 6.83. The van der Waals surface area contributed by atoms with Crippen LogP contribution in [-0.2, 0) is 10.3 Å². The van der Waals surface area contributed by atoms with Gasteiger partial charge in [-0.15, -0.1) is 0 Å². The lowest BCUT2D eigenvalue weighted by Gasteiger charge is -2.39.